The molecule has 1 aliphatic rings. The molecule has 1 fully saturated rings. The fourth-order valence-electron chi connectivity index (χ4n) is 3.23. The number of nitrogens with zero attached hydrogens (tertiary/aromatic N) is 1. The van der Waals surface area contributed by atoms with Crippen LogP contribution in [-0.4, -0.2) is 19.1 Å². The Morgan fingerprint density at radius 2 is 2.05 bits per heavy atom. The van der Waals surface area contributed by atoms with Gasteiger partial charge in [0.2, 0.25) is 0 Å². The molecule has 1 aromatic rings. The SMILES string of the molecule is CC(C)CNCc1ccc(Cl)cc1N1CCCC1C(C)C. The van der Waals surface area contributed by atoms with Crippen molar-refractivity contribution in [2.75, 3.05) is 18.0 Å². The van der Waals surface area contributed by atoms with Gasteiger partial charge in [0.1, 0.15) is 0 Å². The van der Waals surface area contributed by atoms with Crippen LogP contribution in [0.4, 0.5) is 5.69 Å². The van der Waals surface area contributed by atoms with E-state index in [1.54, 1.807) is 0 Å². The molecule has 0 aliphatic carbocycles. The van der Waals surface area contributed by atoms with Gasteiger partial charge in [-0.05, 0) is 48.9 Å². The number of benzene rings is 1. The zero-order chi connectivity index (χ0) is 15.4. The van der Waals surface area contributed by atoms with E-state index in [2.05, 4.69) is 50.0 Å². The van der Waals surface area contributed by atoms with E-state index < -0.39 is 0 Å². The molecule has 2 rings (SSSR count). The van der Waals surface area contributed by atoms with Crippen LogP contribution in [0.25, 0.3) is 0 Å². The van der Waals surface area contributed by atoms with Crippen molar-refractivity contribution in [3.8, 4) is 0 Å². The van der Waals surface area contributed by atoms with Crippen LogP contribution in [0.2, 0.25) is 5.02 Å². The third-order valence-electron chi connectivity index (χ3n) is 4.29. The van der Waals surface area contributed by atoms with E-state index in [9.17, 15) is 0 Å². The van der Waals surface area contributed by atoms with Gasteiger partial charge in [-0.2, -0.15) is 0 Å². The summed E-state index contributed by atoms with van der Waals surface area (Å²) in [4.78, 5) is 2.57. The maximum atomic E-state index is 6.26. The molecule has 1 unspecified atom stereocenters. The minimum Gasteiger partial charge on any atom is -0.368 e. The molecule has 0 amide bonds. The second-order valence-corrected chi connectivity index (χ2v) is 7.38. The molecule has 1 saturated heterocycles. The third kappa shape index (κ3) is 4.37. The van der Waals surface area contributed by atoms with Crippen molar-refractivity contribution in [2.45, 2.75) is 53.1 Å². The van der Waals surface area contributed by atoms with Gasteiger partial charge < -0.3 is 10.2 Å². The molecule has 1 aliphatic heterocycles. The van der Waals surface area contributed by atoms with E-state index in [0.717, 1.165) is 24.7 Å². The normalized spacial score (nSPS) is 19.0. The van der Waals surface area contributed by atoms with E-state index in [1.165, 1.54) is 24.1 Å². The van der Waals surface area contributed by atoms with Gasteiger partial charge in [0.15, 0.2) is 0 Å². The van der Waals surface area contributed by atoms with Crippen molar-refractivity contribution in [1.82, 2.24) is 5.32 Å². The molecule has 2 nitrogen and oxygen atoms in total. The molecular formula is C18H29ClN2. The van der Waals surface area contributed by atoms with Crippen LogP contribution in [0, 0.1) is 11.8 Å². The molecule has 0 saturated carbocycles. The number of halogens is 1. The zero-order valence-corrected chi connectivity index (χ0v) is 14.6. The van der Waals surface area contributed by atoms with Gasteiger partial charge in [-0.3, -0.25) is 0 Å². The number of hydrogen-bond acceptors (Lipinski definition) is 2. The Bertz CT molecular complexity index is 457. The highest BCUT2D eigenvalue weighted by atomic mass is 35.5. The van der Waals surface area contributed by atoms with E-state index in [0.29, 0.717) is 17.9 Å². The smallest absolute Gasteiger partial charge is 0.0429 e. The molecule has 1 heterocycles. The summed E-state index contributed by atoms with van der Waals surface area (Å²) in [6, 6.07) is 6.99. The molecule has 3 heteroatoms. The van der Waals surface area contributed by atoms with Crippen molar-refractivity contribution >= 4 is 17.3 Å². The average Bonchev–Trinajstić information content (AvgIpc) is 2.89. The van der Waals surface area contributed by atoms with Crippen LogP contribution in [-0.2, 0) is 6.54 Å². The summed E-state index contributed by atoms with van der Waals surface area (Å²) >= 11 is 6.26. The van der Waals surface area contributed by atoms with E-state index in [1.807, 2.05) is 6.07 Å². The summed E-state index contributed by atoms with van der Waals surface area (Å²) < 4.78 is 0. The fraction of sp³-hybridized carbons (Fsp3) is 0.667. The van der Waals surface area contributed by atoms with Crippen LogP contribution in [0.5, 0.6) is 0 Å². The molecular weight excluding hydrogens is 280 g/mol. The predicted molar refractivity (Wildman–Crippen MR) is 93.2 cm³/mol. The Morgan fingerprint density at radius 3 is 2.71 bits per heavy atom. The summed E-state index contributed by atoms with van der Waals surface area (Å²) in [6.45, 7) is 12.3. The molecule has 118 valence electrons. The zero-order valence-electron chi connectivity index (χ0n) is 13.8. The van der Waals surface area contributed by atoms with Crippen molar-refractivity contribution < 1.29 is 0 Å². The van der Waals surface area contributed by atoms with Crippen molar-refractivity contribution in [1.29, 1.82) is 0 Å². The Kier molecular flexibility index (Phi) is 5.95. The van der Waals surface area contributed by atoms with Gasteiger partial charge in [-0.25, -0.2) is 0 Å². The molecule has 21 heavy (non-hydrogen) atoms. The van der Waals surface area contributed by atoms with Crippen LogP contribution < -0.4 is 10.2 Å². The lowest BCUT2D eigenvalue weighted by Gasteiger charge is -2.31. The summed E-state index contributed by atoms with van der Waals surface area (Å²) in [5.74, 6) is 1.36. The highest BCUT2D eigenvalue weighted by Gasteiger charge is 2.28. The Hall–Kier alpha value is -0.730. The number of hydrogen-bond donors (Lipinski definition) is 1. The highest BCUT2D eigenvalue weighted by molar-refractivity contribution is 6.30. The van der Waals surface area contributed by atoms with Crippen molar-refractivity contribution in [2.24, 2.45) is 11.8 Å². The number of nitrogens with one attached hydrogen (secondary N) is 1. The van der Waals surface area contributed by atoms with Crippen LogP contribution in [0.15, 0.2) is 18.2 Å². The first-order valence-electron chi connectivity index (χ1n) is 8.24. The maximum Gasteiger partial charge on any atom is 0.0429 e. The Morgan fingerprint density at radius 1 is 1.29 bits per heavy atom. The standard InChI is InChI=1S/C18H29ClN2/c1-13(2)11-20-12-15-7-8-16(19)10-18(15)21-9-5-6-17(21)14(3)4/h7-8,10,13-14,17,20H,5-6,9,11-12H2,1-4H3. The molecule has 0 radical (unpaired) electrons. The third-order valence-corrected chi connectivity index (χ3v) is 4.53. The maximum absolute atomic E-state index is 6.26. The largest absolute Gasteiger partial charge is 0.368 e. The molecule has 1 aromatic carbocycles. The first kappa shape index (κ1) is 16.6. The Balaban J connectivity index is 2.18. The number of rotatable bonds is 6. The van der Waals surface area contributed by atoms with Gasteiger partial charge in [-0.1, -0.05) is 45.4 Å². The van der Waals surface area contributed by atoms with Crippen LogP contribution in [0.1, 0.15) is 46.1 Å². The first-order valence-corrected chi connectivity index (χ1v) is 8.62. The molecule has 0 bridgehead atoms. The second kappa shape index (κ2) is 7.51. The quantitative estimate of drug-likeness (QED) is 0.818. The topological polar surface area (TPSA) is 15.3 Å². The average molecular weight is 309 g/mol. The van der Waals surface area contributed by atoms with Crippen LogP contribution >= 0.6 is 11.6 Å². The summed E-state index contributed by atoms with van der Waals surface area (Å²) in [7, 11) is 0. The fourth-order valence-corrected chi connectivity index (χ4v) is 3.40. The monoisotopic (exact) mass is 308 g/mol. The van der Waals surface area contributed by atoms with Gasteiger partial charge in [0.25, 0.3) is 0 Å². The van der Waals surface area contributed by atoms with Gasteiger partial charge in [0.05, 0.1) is 0 Å². The lowest BCUT2D eigenvalue weighted by Crippen LogP contribution is -2.34. The molecule has 1 atom stereocenters. The predicted octanol–water partition coefficient (Wildman–Crippen LogP) is 4.71. The lowest BCUT2D eigenvalue weighted by atomic mass is 10.0. The lowest BCUT2D eigenvalue weighted by molar-refractivity contribution is 0.490. The van der Waals surface area contributed by atoms with E-state index in [-0.39, 0.29) is 0 Å². The molecule has 1 N–H and O–H groups in total. The molecule has 0 aromatic heterocycles. The highest BCUT2D eigenvalue weighted by Crippen LogP contribution is 2.33. The number of anilines is 1. The van der Waals surface area contributed by atoms with Crippen molar-refractivity contribution in [3.63, 3.8) is 0 Å². The molecule has 0 spiro atoms. The van der Waals surface area contributed by atoms with Crippen molar-refractivity contribution in [3.05, 3.63) is 28.8 Å². The van der Waals surface area contributed by atoms with Gasteiger partial charge >= 0.3 is 0 Å². The van der Waals surface area contributed by atoms with Gasteiger partial charge in [0, 0.05) is 29.8 Å². The van der Waals surface area contributed by atoms with E-state index in [4.69, 9.17) is 11.6 Å². The van der Waals surface area contributed by atoms with E-state index >= 15 is 0 Å². The van der Waals surface area contributed by atoms with Crippen LogP contribution in [0.3, 0.4) is 0 Å². The summed E-state index contributed by atoms with van der Waals surface area (Å²) in [5, 5.41) is 4.40. The second-order valence-electron chi connectivity index (χ2n) is 6.94. The minimum atomic E-state index is 0.646. The summed E-state index contributed by atoms with van der Waals surface area (Å²) in [5.41, 5.74) is 2.70. The van der Waals surface area contributed by atoms with Gasteiger partial charge in [-0.15, -0.1) is 0 Å². The first-order chi connectivity index (χ1) is 9.99. The Labute approximate surface area is 134 Å². The summed E-state index contributed by atoms with van der Waals surface area (Å²) in [6.07, 6.45) is 2.58. The minimum absolute atomic E-state index is 0.646.